The van der Waals surface area contributed by atoms with E-state index in [1.165, 1.54) is 30.9 Å². The fourth-order valence-electron chi connectivity index (χ4n) is 6.33. The largest absolute Gasteiger partial charge is 0.378 e. The van der Waals surface area contributed by atoms with Crippen LogP contribution in [0.2, 0.25) is 0 Å². The van der Waals surface area contributed by atoms with E-state index in [-0.39, 0.29) is 22.4 Å². The second kappa shape index (κ2) is 8.26. The molecule has 1 fully saturated rings. The van der Waals surface area contributed by atoms with Crippen molar-refractivity contribution in [2.75, 3.05) is 0 Å². The molecule has 0 amide bonds. The first kappa shape index (κ1) is 21.8. The van der Waals surface area contributed by atoms with Gasteiger partial charge in [-0.3, -0.25) is 9.59 Å². The summed E-state index contributed by atoms with van der Waals surface area (Å²) in [5, 5.41) is 3.22. The number of ketones is 2. The Balaban J connectivity index is 1.55. The molecule has 3 aliphatic rings. The maximum absolute atomic E-state index is 13.4. The molecule has 1 saturated carbocycles. The van der Waals surface area contributed by atoms with E-state index in [2.05, 4.69) is 39.1 Å². The van der Waals surface area contributed by atoms with Crippen molar-refractivity contribution in [2.24, 2.45) is 22.7 Å². The number of fused-ring (bicyclic) bond motifs is 1. The Hall–Kier alpha value is -2.42. The van der Waals surface area contributed by atoms with E-state index in [1.807, 2.05) is 30.3 Å². The number of carbonyl (C=O) groups excluding carboxylic acids is 2. The number of Topliss-reactive ketones (excluding diaryl/α,β-unsaturated/α-hetero) is 1. The van der Waals surface area contributed by atoms with Gasteiger partial charge in [-0.15, -0.1) is 0 Å². The van der Waals surface area contributed by atoms with E-state index in [4.69, 9.17) is 0 Å². The van der Waals surface area contributed by atoms with Crippen LogP contribution in [-0.2, 0) is 16.1 Å². The summed E-state index contributed by atoms with van der Waals surface area (Å²) in [5.41, 5.74) is 3.91. The van der Waals surface area contributed by atoms with Crippen molar-refractivity contribution >= 4 is 11.6 Å². The van der Waals surface area contributed by atoms with E-state index in [1.54, 1.807) is 6.08 Å². The van der Waals surface area contributed by atoms with E-state index in [0.29, 0.717) is 36.1 Å². The molecule has 31 heavy (non-hydrogen) atoms. The molecule has 0 heterocycles. The fraction of sp³-hybridized carbons (Fsp3) is 0.500. The summed E-state index contributed by atoms with van der Waals surface area (Å²) in [7, 11) is 0. The van der Waals surface area contributed by atoms with Crippen LogP contribution in [-0.4, -0.2) is 11.6 Å². The summed E-state index contributed by atoms with van der Waals surface area (Å²) >= 11 is 0. The summed E-state index contributed by atoms with van der Waals surface area (Å²) in [5.74, 6) is 0.954. The standard InChI is InChI=1S/C28H35NO2/c1-19-9-8-12-25-27(19,3)14-13-20(2)28(25,4)17-22-15-23(30)16-24(26(22)31)29-18-21-10-6-5-7-11-21/h5-7,9-11,15-16,20,25,29H,8,12-14,17-18H2,1-4H3/t20-,25+,27+,28+/m0/s1. The number of benzene rings is 1. The number of nitrogens with one attached hydrogen (secondary N) is 1. The van der Waals surface area contributed by atoms with Gasteiger partial charge in [0.25, 0.3) is 0 Å². The van der Waals surface area contributed by atoms with Crippen LogP contribution in [0.4, 0.5) is 0 Å². The molecule has 0 spiro atoms. The van der Waals surface area contributed by atoms with Gasteiger partial charge in [0.15, 0.2) is 5.78 Å². The van der Waals surface area contributed by atoms with Crippen molar-refractivity contribution in [3.05, 3.63) is 71.0 Å². The Labute approximate surface area is 186 Å². The monoisotopic (exact) mass is 417 g/mol. The normalized spacial score (nSPS) is 33.2. The average Bonchev–Trinajstić information content (AvgIpc) is 2.75. The molecule has 0 saturated heterocycles. The summed E-state index contributed by atoms with van der Waals surface area (Å²) in [4.78, 5) is 25.9. The van der Waals surface area contributed by atoms with E-state index < -0.39 is 0 Å². The van der Waals surface area contributed by atoms with Gasteiger partial charge in [-0.1, -0.05) is 62.8 Å². The third-order valence-electron chi connectivity index (χ3n) is 8.63. The lowest BCUT2D eigenvalue weighted by molar-refractivity contribution is -0.116. The van der Waals surface area contributed by atoms with Gasteiger partial charge in [-0.2, -0.15) is 0 Å². The first-order valence-electron chi connectivity index (χ1n) is 11.7. The number of hydrogen-bond donors (Lipinski definition) is 1. The van der Waals surface area contributed by atoms with Crippen LogP contribution in [0.1, 0.15) is 65.4 Å². The van der Waals surface area contributed by atoms with Crippen LogP contribution in [0.15, 0.2) is 65.4 Å². The van der Waals surface area contributed by atoms with E-state index in [0.717, 1.165) is 12.0 Å². The second-order valence-corrected chi connectivity index (χ2v) is 10.4. The lowest BCUT2D eigenvalue weighted by Crippen LogP contribution is -2.50. The maximum Gasteiger partial charge on any atom is 0.205 e. The van der Waals surface area contributed by atoms with E-state index >= 15 is 0 Å². The molecule has 4 rings (SSSR count). The van der Waals surface area contributed by atoms with Crippen LogP contribution in [0.3, 0.4) is 0 Å². The van der Waals surface area contributed by atoms with Crippen LogP contribution >= 0.6 is 0 Å². The van der Waals surface area contributed by atoms with Gasteiger partial charge in [0.2, 0.25) is 5.78 Å². The highest BCUT2D eigenvalue weighted by Crippen LogP contribution is 2.62. The van der Waals surface area contributed by atoms with Crippen molar-refractivity contribution in [1.82, 2.24) is 5.32 Å². The molecule has 0 aliphatic heterocycles. The Bertz CT molecular complexity index is 970. The topological polar surface area (TPSA) is 46.2 Å². The first-order chi connectivity index (χ1) is 14.7. The number of allylic oxidation sites excluding steroid dienone is 5. The van der Waals surface area contributed by atoms with Gasteiger partial charge in [0.05, 0.1) is 5.70 Å². The predicted molar refractivity (Wildman–Crippen MR) is 125 cm³/mol. The predicted octanol–water partition coefficient (Wildman–Crippen LogP) is 5.93. The number of rotatable bonds is 5. The zero-order valence-electron chi connectivity index (χ0n) is 19.3. The molecule has 4 atom stereocenters. The molecular formula is C28H35NO2. The van der Waals surface area contributed by atoms with Crippen LogP contribution in [0, 0.1) is 22.7 Å². The van der Waals surface area contributed by atoms with Crippen molar-refractivity contribution < 1.29 is 9.59 Å². The maximum atomic E-state index is 13.4. The third-order valence-corrected chi connectivity index (χ3v) is 8.63. The lowest BCUT2D eigenvalue weighted by Gasteiger charge is -2.58. The van der Waals surface area contributed by atoms with Crippen LogP contribution in [0.5, 0.6) is 0 Å². The third kappa shape index (κ3) is 3.95. The fourth-order valence-corrected chi connectivity index (χ4v) is 6.33. The number of hydrogen-bond acceptors (Lipinski definition) is 3. The molecule has 1 aromatic rings. The van der Waals surface area contributed by atoms with Gasteiger partial charge >= 0.3 is 0 Å². The van der Waals surface area contributed by atoms with Gasteiger partial charge in [-0.05, 0) is 73.3 Å². The first-order valence-corrected chi connectivity index (χ1v) is 11.7. The molecule has 1 N–H and O–H groups in total. The van der Waals surface area contributed by atoms with Crippen molar-refractivity contribution in [3.8, 4) is 0 Å². The molecule has 0 aromatic heterocycles. The Morgan fingerprint density at radius 3 is 2.55 bits per heavy atom. The number of carbonyl (C=O) groups is 2. The minimum absolute atomic E-state index is 0.00612. The highest BCUT2D eigenvalue weighted by Gasteiger charge is 2.53. The highest BCUT2D eigenvalue weighted by atomic mass is 16.1. The molecule has 0 bridgehead atoms. The van der Waals surface area contributed by atoms with Gasteiger partial charge in [0.1, 0.15) is 0 Å². The smallest absolute Gasteiger partial charge is 0.205 e. The zero-order chi connectivity index (χ0) is 22.2. The summed E-state index contributed by atoms with van der Waals surface area (Å²) in [6.45, 7) is 9.95. The minimum atomic E-state index is -0.0836. The molecule has 0 radical (unpaired) electrons. The van der Waals surface area contributed by atoms with Crippen LogP contribution in [0.25, 0.3) is 0 Å². The van der Waals surface area contributed by atoms with Gasteiger partial charge in [0, 0.05) is 18.2 Å². The lowest BCUT2D eigenvalue weighted by atomic mass is 9.46. The van der Waals surface area contributed by atoms with Crippen molar-refractivity contribution in [3.63, 3.8) is 0 Å². The minimum Gasteiger partial charge on any atom is -0.378 e. The Morgan fingerprint density at radius 1 is 1.06 bits per heavy atom. The quantitative estimate of drug-likeness (QED) is 0.477. The average molecular weight is 418 g/mol. The Morgan fingerprint density at radius 2 is 1.81 bits per heavy atom. The molecule has 1 aromatic carbocycles. The molecule has 3 heteroatoms. The molecule has 164 valence electrons. The summed E-state index contributed by atoms with van der Waals surface area (Å²) in [6.07, 6.45) is 10.8. The summed E-state index contributed by atoms with van der Waals surface area (Å²) < 4.78 is 0. The highest BCUT2D eigenvalue weighted by molar-refractivity contribution is 6.20. The molecule has 3 nitrogen and oxygen atoms in total. The zero-order valence-corrected chi connectivity index (χ0v) is 19.3. The van der Waals surface area contributed by atoms with Gasteiger partial charge in [-0.25, -0.2) is 0 Å². The van der Waals surface area contributed by atoms with Crippen molar-refractivity contribution in [1.29, 1.82) is 0 Å². The molecular weight excluding hydrogens is 382 g/mol. The molecule has 0 unspecified atom stereocenters. The summed E-state index contributed by atoms with van der Waals surface area (Å²) in [6, 6.07) is 9.97. The van der Waals surface area contributed by atoms with Crippen LogP contribution < -0.4 is 5.32 Å². The molecule has 3 aliphatic carbocycles. The second-order valence-electron chi connectivity index (χ2n) is 10.4. The SMILES string of the molecule is CC1=CCC[C@H]2[C@](C)(CC3=CC(=O)C=C(NCc4ccccc4)C3=O)[C@@H](C)CC[C@]12C. The Kier molecular flexibility index (Phi) is 5.81. The van der Waals surface area contributed by atoms with E-state index in [9.17, 15) is 9.59 Å². The van der Waals surface area contributed by atoms with Gasteiger partial charge < -0.3 is 5.32 Å². The van der Waals surface area contributed by atoms with Crippen molar-refractivity contribution in [2.45, 2.75) is 66.3 Å².